The molecule has 1 aliphatic heterocycles. The lowest BCUT2D eigenvalue weighted by Crippen LogP contribution is -2.68. The maximum atomic E-state index is 16.9. The van der Waals surface area contributed by atoms with E-state index in [4.69, 9.17) is 13.6 Å². The summed E-state index contributed by atoms with van der Waals surface area (Å²) >= 11 is 0. The van der Waals surface area contributed by atoms with E-state index in [0.717, 1.165) is 14.9 Å². The lowest BCUT2D eigenvalue weighted by atomic mass is 9.90. The number of aromatic nitrogens is 2. The monoisotopic (exact) mass is 638 g/mol. The fourth-order valence-electron chi connectivity index (χ4n) is 5.81. The van der Waals surface area contributed by atoms with Gasteiger partial charge in [-0.1, -0.05) is 109 Å². The fourth-order valence-corrected chi connectivity index (χ4v) is 11.7. The molecule has 1 aliphatic rings. The molecule has 1 aromatic heterocycles. The van der Waals surface area contributed by atoms with Gasteiger partial charge in [0.05, 0.1) is 6.61 Å². The Morgan fingerprint density at radius 2 is 1.48 bits per heavy atom. The van der Waals surface area contributed by atoms with Crippen LogP contribution < -0.4 is 21.6 Å². The summed E-state index contributed by atoms with van der Waals surface area (Å²) in [5.74, 6) is 0. The molecular formula is C34H47FN2O5Si2. The van der Waals surface area contributed by atoms with Crippen molar-refractivity contribution in [2.75, 3.05) is 6.61 Å². The Balaban J connectivity index is 1.92. The molecule has 2 heterocycles. The van der Waals surface area contributed by atoms with Crippen molar-refractivity contribution in [1.29, 1.82) is 0 Å². The zero-order valence-electron chi connectivity index (χ0n) is 27.4. The predicted octanol–water partition coefficient (Wildman–Crippen LogP) is 5.69. The number of alkyl halides is 1. The topological polar surface area (TPSA) is 82.5 Å². The first kappa shape index (κ1) is 34.0. The quantitative estimate of drug-likeness (QED) is 0.241. The van der Waals surface area contributed by atoms with E-state index in [1.807, 2.05) is 36.4 Å². The Kier molecular flexibility index (Phi) is 9.37. The van der Waals surface area contributed by atoms with Crippen LogP contribution in [0.3, 0.4) is 0 Å². The second-order valence-electron chi connectivity index (χ2n) is 14.4. The summed E-state index contributed by atoms with van der Waals surface area (Å²) in [5.41, 5.74) is -2.25. The first-order valence-corrected chi connectivity index (χ1v) is 19.9. The molecule has 238 valence electrons. The van der Waals surface area contributed by atoms with E-state index in [1.165, 1.54) is 12.3 Å². The number of nitrogens with one attached hydrogen (secondary N) is 1. The summed E-state index contributed by atoms with van der Waals surface area (Å²) in [5, 5.41) is 1.56. The van der Waals surface area contributed by atoms with E-state index in [2.05, 4.69) is 90.5 Å². The summed E-state index contributed by atoms with van der Waals surface area (Å²) in [4.78, 5) is 27.0. The minimum atomic E-state index is -3.08. The lowest BCUT2D eigenvalue weighted by Gasteiger charge is -2.47. The highest BCUT2D eigenvalue weighted by atomic mass is 28.4. The van der Waals surface area contributed by atoms with Gasteiger partial charge in [-0.3, -0.25) is 14.3 Å². The summed E-state index contributed by atoms with van der Waals surface area (Å²) in [7, 11) is -5.67. The van der Waals surface area contributed by atoms with Crippen LogP contribution in [0.25, 0.3) is 0 Å². The standard InChI is InChI=1S/C34H47FN2O5Si2/c1-24(2)34(23-40-44(33(6,7)8,25-17-13-11-14-18-25)26-19-15-12-16-20-26)29(42-43(9,10)32(3,4)5)28(35)30(41-34)37-22-21-27(38)36-31(37)39/h11-22,28-30H,1,23H2,2-10H3,(H,36,38,39)/t28-,29-,30+,34-/m0/s1. The van der Waals surface area contributed by atoms with Gasteiger partial charge in [0, 0.05) is 12.3 Å². The fraction of sp³-hybridized carbons (Fsp3) is 0.471. The molecule has 4 rings (SSSR count). The molecule has 0 radical (unpaired) electrons. The molecule has 0 spiro atoms. The highest BCUT2D eigenvalue weighted by molar-refractivity contribution is 6.99. The summed E-state index contributed by atoms with van der Waals surface area (Å²) in [6, 6.07) is 21.6. The minimum Gasteiger partial charge on any atom is -0.407 e. The van der Waals surface area contributed by atoms with Crippen LogP contribution in [-0.2, 0) is 13.6 Å². The van der Waals surface area contributed by atoms with Gasteiger partial charge >= 0.3 is 5.69 Å². The number of hydrogen-bond acceptors (Lipinski definition) is 5. The molecular weight excluding hydrogens is 592 g/mol. The van der Waals surface area contributed by atoms with Gasteiger partial charge in [-0.25, -0.2) is 9.18 Å². The van der Waals surface area contributed by atoms with Crippen LogP contribution in [0.2, 0.25) is 23.2 Å². The number of halogens is 1. The predicted molar refractivity (Wildman–Crippen MR) is 180 cm³/mol. The van der Waals surface area contributed by atoms with Crippen LogP contribution in [0, 0.1) is 0 Å². The summed E-state index contributed by atoms with van der Waals surface area (Å²) in [6.07, 6.45) is -2.98. The van der Waals surface area contributed by atoms with Gasteiger partial charge in [0.1, 0.15) is 11.7 Å². The SMILES string of the molecule is C=C(C)[C@]1(CO[Si](c2ccccc2)(c2ccccc2)C(C)(C)C)O[C@@H](n2ccc(=O)[nH]c2=O)[C@@H](F)[C@@H]1O[Si](C)(C)C(C)(C)C. The van der Waals surface area contributed by atoms with Crippen molar-refractivity contribution in [1.82, 2.24) is 9.55 Å². The number of nitrogens with zero attached hydrogens (tertiary/aromatic N) is 1. The van der Waals surface area contributed by atoms with Gasteiger partial charge in [0.2, 0.25) is 0 Å². The summed E-state index contributed by atoms with van der Waals surface area (Å²) in [6.45, 7) is 22.9. The van der Waals surface area contributed by atoms with Crippen LogP contribution in [0.5, 0.6) is 0 Å². The molecule has 10 heteroatoms. The third kappa shape index (κ3) is 6.02. The molecule has 1 saturated heterocycles. The molecule has 0 bridgehead atoms. The zero-order chi connectivity index (χ0) is 32.7. The molecule has 4 atom stereocenters. The van der Waals surface area contributed by atoms with Gasteiger partial charge in [0.25, 0.3) is 13.9 Å². The van der Waals surface area contributed by atoms with Gasteiger partial charge in [-0.05, 0) is 46.0 Å². The lowest BCUT2D eigenvalue weighted by molar-refractivity contribution is -0.0996. The number of rotatable bonds is 9. The van der Waals surface area contributed by atoms with Gasteiger partial charge in [0.15, 0.2) is 20.7 Å². The number of H-pyrrole nitrogens is 1. The number of hydrogen-bond donors (Lipinski definition) is 1. The van der Waals surface area contributed by atoms with E-state index >= 15 is 4.39 Å². The Morgan fingerprint density at radius 1 is 0.955 bits per heavy atom. The van der Waals surface area contributed by atoms with Gasteiger partial charge < -0.3 is 13.6 Å². The van der Waals surface area contributed by atoms with E-state index in [0.29, 0.717) is 5.57 Å². The van der Waals surface area contributed by atoms with Crippen molar-refractivity contribution >= 4 is 27.0 Å². The van der Waals surface area contributed by atoms with Crippen molar-refractivity contribution in [3.63, 3.8) is 0 Å². The average molecular weight is 639 g/mol. The summed E-state index contributed by atoms with van der Waals surface area (Å²) < 4.78 is 38.8. The van der Waals surface area contributed by atoms with Crippen LogP contribution in [0.4, 0.5) is 4.39 Å². The molecule has 1 N–H and O–H groups in total. The number of aromatic amines is 1. The van der Waals surface area contributed by atoms with Crippen molar-refractivity contribution in [3.8, 4) is 0 Å². The molecule has 7 nitrogen and oxygen atoms in total. The van der Waals surface area contributed by atoms with Crippen molar-refractivity contribution in [3.05, 3.63) is 106 Å². The maximum absolute atomic E-state index is 16.9. The highest BCUT2D eigenvalue weighted by Crippen LogP contribution is 2.49. The molecule has 1 fully saturated rings. The minimum absolute atomic E-state index is 0.0517. The van der Waals surface area contributed by atoms with E-state index < -0.39 is 52.0 Å². The molecule has 0 saturated carbocycles. The molecule has 0 aliphatic carbocycles. The molecule has 0 unspecified atom stereocenters. The first-order chi connectivity index (χ1) is 20.4. The molecule has 44 heavy (non-hydrogen) atoms. The van der Waals surface area contributed by atoms with Gasteiger partial charge in [-0.2, -0.15) is 0 Å². The van der Waals surface area contributed by atoms with E-state index in [1.54, 1.807) is 6.92 Å². The molecule has 0 amide bonds. The van der Waals surface area contributed by atoms with Crippen molar-refractivity contribution in [2.45, 2.75) is 95.7 Å². The first-order valence-electron chi connectivity index (χ1n) is 15.1. The largest absolute Gasteiger partial charge is 0.407 e. The maximum Gasteiger partial charge on any atom is 0.330 e. The number of ether oxygens (including phenoxy) is 1. The highest BCUT2D eigenvalue weighted by Gasteiger charge is 2.62. The van der Waals surface area contributed by atoms with Gasteiger partial charge in [-0.15, -0.1) is 0 Å². The third-order valence-electron chi connectivity index (χ3n) is 9.35. The molecule has 2 aromatic carbocycles. The Labute approximate surface area is 262 Å². The Morgan fingerprint density at radius 3 is 1.91 bits per heavy atom. The van der Waals surface area contributed by atoms with Crippen LogP contribution in [0.15, 0.2) is 94.7 Å². The van der Waals surface area contributed by atoms with Crippen molar-refractivity contribution in [2.24, 2.45) is 0 Å². The van der Waals surface area contributed by atoms with Crippen LogP contribution in [0.1, 0.15) is 54.7 Å². The Hall–Kier alpha value is -2.90. The van der Waals surface area contributed by atoms with E-state index in [9.17, 15) is 9.59 Å². The second kappa shape index (κ2) is 12.1. The number of benzene rings is 2. The van der Waals surface area contributed by atoms with Crippen LogP contribution in [-0.4, -0.2) is 50.7 Å². The van der Waals surface area contributed by atoms with Crippen molar-refractivity contribution < 1.29 is 18.0 Å². The average Bonchev–Trinajstić information content (AvgIpc) is 3.20. The van der Waals surface area contributed by atoms with E-state index in [-0.39, 0.29) is 16.7 Å². The normalized spacial score (nSPS) is 23.1. The second-order valence-corrected chi connectivity index (χ2v) is 23.5. The molecule has 3 aromatic rings. The smallest absolute Gasteiger partial charge is 0.330 e. The zero-order valence-corrected chi connectivity index (χ0v) is 29.4. The third-order valence-corrected chi connectivity index (χ3v) is 18.8. The van der Waals surface area contributed by atoms with Crippen LogP contribution >= 0.6 is 0 Å². The Bertz CT molecular complexity index is 1540.